The van der Waals surface area contributed by atoms with Crippen LogP contribution in [0.2, 0.25) is 0 Å². The van der Waals surface area contributed by atoms with Crippen molar-refractivity contribution in [3.63, 3.8) is 0 Å². The van der Waals surface area contributed by atoms with Gasteiger partial charge in [0.15, 0.2) is 0 Å². The normalized spacial score (nSPS) is 36.6. The van der Waals surface area contributed by atoms with Gasteiger partial charge in [0.2, 0.25) is 0 Å². The number of aliphatic hydroxyl groups is 2. The molecule has 1 aliphatic rings. The van der Waals surface area contributed by atoms with Gasteiger partial charge >= 0.3 is 0 Å². The molecular weight excluding hydrogens is 223 g/mol. The van der Waals surface area contributed by atoms with E-state index in [1.807, 2.05) is 0 Å². The molecule has 4 unspecified atom stereocenters. The molecule has 76 valence electrons. The van der Waals surface area contributed by atoms with Gasteiger partial charge in [-0.15, -0.1) is 23.2 Å². The summed E-state index contributed by atoms with van der Waals surface area (Å²) in [5.74, 6) is 0. The van der Waals surface area contributed by atoms with Gasteiger partial charge in [0, 0.05) is 0 Å². The van der Waals surface area contributed by atoms with Gasteiger partial charge in [0.1, 0.15) is 0 Å². The first-order valence-electron chi connectivity index (χ1n) is 4.36. The second-order valence-corrected chi connectivity index (χ2v) is 4.42. The van der Waals surface area contributed by atoms with Crippen molar-refractivity contribution >= 4 is 23.2 Å². The average molecular weight is 233 g/mol. The van der Waals surface area contributed by atoms with Crippen LogP contribution in [0.15, 0.2) is 24.3 Å². The minimum absolute atomic E-state index is 0.651. The highest BCUT2D eigenvalue weighted by molar-refractivity contribution is 6.30. The Labute approximate surface area is 92.1 Å². The first kappa shape index (κ1) is 10.2. The number of alkyl halides is 2. The van der Waals surface area contributed by atoms with E-state index in [-0.39, 0.29) is 0 Å². The van der Waals surface area contributed by atoms with E-state index in [1.165, 1.54) is 0 Å². The van der Waals surface area contributed by atoms with E-state index >= 15 is 0 Å². The fourth-order valence-electron chi connectivity index (χ4n) is 1.74. The van der Waals surface area contributed by atoms with Crippen LogP contribution in [0.5, 0.6) is 0 Å². The lowest BCUT2D eigenvalue weighted by molar-refractivity contribution is 0.0984. The highest BCUT2D eigenvalue weighted by atomic mass is 35.5. The number of hydrogen-bond acceptors (Lipinski definition) is 2. The van der Waals surface area contributed by atoms with Crippen molar-refractivity contribution in [2.75, 3.05) is 0 Å². The number of fused-ring (bicyclic) bond motifs is 1. The van der Waals surface area contributed by atoms with E-state index in [9.17, 15) is 10.2 Å². The van der Waals surface area contributed by atoms with Crippen LogP contribution in [0.4, 0.5) is 0 Å². The Balaban J connectivity index is 2.51. The predicted octanol–water partition coefficient (Wildman–Crippen LogP) is 1.98. The van der Waals surface area contributed by atoms with Crippen LogP contribution in [0.1, 0.15) is 23.3 Å². The summed E-state index contributed by atoms with van der Waals surface area (Å²) >= 11 is 11.8. The molecule has 14 heavy (non-hydrogen) atoms. The minimum Gasteiger partial charge on any atom is -0.387 e. The lowest BCUT2D eigenvalue weighted by Gasteiger charge is -2.33. The molecule has 0 aliphatic heterocycles. The topological polar surface area (TPSA) is 40.5 Å². The maximum Gasteiger partial charge on any atom is 0.0972 e. The second-order valence-electron chi connectivity index (χ2n) is 3.41. The lowest BCUT2D eigenvalue weighted by Crippen LogP contribution is -2.34. The number of rotatable bonds is 0. The number of hydrogen-bond donors (Lipinski definition) is 2. The third kappa shape index (κ3) is 1.43. The van der Waals surface area contributed by atoms with Crippen molar-refractivity contribution in [3.8, 4) is 0 Å². The second kappa shape index (κ2) is 3.70. The molecule has 4 atom stereocenters. The minimum atomic E-state index is -0.807. The molecule has 0 radical (unpaired) electrons. The van der Waals surface area contributed by atoms with Crippen molar-refractivity contribution < 1.29 is 10.2 Å². The third-order valence-corrected chi connectivity index (χ3v) is 3.69. The van der Waals surface area contributed by atoms with Crippen LogP contribution in [-0.2, 0) is 0 Å². The highest BCUT2D eigenvalue weighted by Crippen LogP contribution is 2.41. The zero-order valence-corrected chi connectivity index (χ0v) is 8.78. The molecule has 4 heteroatoms. The van der Waals surface area contributed by atoms with Crippen molar-refractivity contribution in [2.24, 2.45) is 0 Å². The molecule has 2 N–H and O–H groups in total. The number of benzene rings is 1. The van der Waals surface area contributed by atoms with E-state index in [0.717, 1.165) is 0 Å². The molecule has 0 saturated heterocycles. The van der Waals surface area contributed by atoms with Crippen LogP contribution < -0.4 is 0 Å². The average Bonchev–Trinajstić information content (AvgIpc) is 2.23. The first-order valence-corrected chi connectivity index (χ1v) is 5.23. The summed E-state index contributed by atoms with van der Waals surface area (Å²) < 4.78 is 0. The fraction of sp³-hybridized carbons (Fsp3) is 0.400. The summed E-state index contributed by atoms with van der Waals surface area (Å²) in [5, 5.41) is 18.3. The Morgan fingerprint density at radius 1 is 0.857 bits per heavy atom. The molecule has 1 aromatic carbocycles. The summed E-state index contributed by atoms with van der Waals surface area (Å²) in [6.45, 7) is 0. The summed E-state index contributed by atoms with van der Waals surface area (Å²) in [4.78, 5) is 0. The Bertz CT molecular complexity index is 310. The monoisotopic (exact) mass is 232 g/mol. The van der Waals surface area contributed by atoms with Crippen LogP contribution >= 0.6 is 23.2 Å². The van der Waals surface area contributed by atoms with Gasteiger partial charge in [-0.25, -0.2) is 0 Å². The molecule has 0 fully saturated rings. The van der Waals surface area contributed by atoms with E-state index in [4.69, 9.17) is 23.2 Å². The van der Waals surface area contributed by atoms with Crippen molar-refractivity contribution in [3.05, 3.63) is 35.4 Å². The molecule has 0 spiro atoms. The van der Waals surface area contributed by atoms with Crippen LogP contribution in [-0.4, -0.2) is 21.0 Å². The predicted molar refractivity (Wildman–Crippen MR) is 55.6 cm³/mol. The zero-order valence-electron chi connectivity index (χ0n) is 7.27. The van der Waals surface area contributed by atoms with E-state index in [1.54, 1.807) is 24.3 Å². The molecule has 0 aromatic heterocycles. The number of halogens is 2. The first-order chi connectivity index (χ1) is 6.63. The Kier molecular flexibility index (Phi) is 2.71. The summed E-state index contributed by atoms with van der Waals surface area (Å²) in [7, 11) is 0. The lowest BCUT2D eigenvalue weighted by atomic mass is 9.87. The van der Waals surface area contributed by atoms with Gasteiger partial charge in [-0.1, -0.05) is 24.3 Å². The molecule has 0 amide bonds. The molecule has 0 heterocycles. The molecule has 0 bridgehead atoms. The largest absolute Gasteiger partial charge is 0.387 e. The van der Waals surface area contributed by atoms with Crippen LogP contribution in [0.3, 0.4) is 0 Å². The van der Waals surface area contributed by atoms with E-state index in [2.05, 4.69) is 0 Å². The van der Waals surface area contributed by atoms with Gasteiger partial charge < -0.3 is 10.2 Å². The van der Waals surface area contributed by atoms with Crippen molar-refractivity contribution in [2.45, 2.75) is 23.0 Å². The van der Waals surface area contributed by atoms with Crippen molar-refractivity contribution in [1.29, 1.82) is 0 Å². The molecule has 0 saturated carbocycles. The maximum atomic E-state index is 9.79. The molecule has 1 aliphatic carbocycles. The van der Waals surface area contributed by atoms with E-state index in [0.29, 0.717) is 11.1 Å². The summed E-state index contributed by atoms with van der Waals surface area (Å²) in [5.41, 5.74) is 1.33. The highest BCUT2D eigenvalue weighted by Gasteiger charge is 2.39. The van der Waals surface area contributed by atoms with Gasteiger partial charge in [0.25, 0.3) is 0 Å². The summed E-state index contributed by atoms with van der Waals surface area (Å²) in [6.07, 6.45) is -1.61. The smallest absolute Gasteiger partial charge is 0.0972 e. The molecular formula is C10H10Cl2O2. The zero-order chi connectivity index (χ0) is 10.3. The fourth-order valence-corrected chi connectivity index (χ4v) is 2.29. The Hall–Kier alpha value is -0.280. The van der Waals surface area contributed by atoms with Gasteiger partial charge in [0.05, 0.1) is 23.0 Å². The molecule has 2 nitrogen and oxygen atoms in total. The Morgan fingerprint density at radius 3 is 1.57 bits per heavy atom. The quantitative estimate of drug-likeness (QED) is 0.672. The van der Waals surface area contributed by atoms with Crippen LogP contribution in [0, 0.1) is 0 Å². The Morgan fingerprint density at radius 2 is 1.21 bits per heavy atom. The van der Waals surface area contributed by atoms with Crippen molar-refractivity contribution in [1.82, 2.24) is 0 Å². The van der Waals surface area contributed by atoms with Gasteiger partial charge in [-0.3, -0.25) is 0 Å². The SMILES string of the molecule is OC1c2ccccc2C(O)C(Cl)C1Cl. The van der Waals surface area contributed by atoms with E-state index < -0.39 is 23.0 Å². The van der Waals surface area contributed by atoms with Gasteiger partial charge in [-0.05, 0) is 11.1 Å². The standard InChI is InChI=1S/C10H10Cl2O2/c11-7-8(12)10(14)6-4-2-1-3-5(6)9(7)13/h1-4,7-10,13-14H. The molecule has 2 rings (SSSR count). The number of aliphatic hydroxyl groups excluding tert-OH is 2. The van der Waals surface area contributed by atoms with Crippen LogP contribution in [0.25, 0.3) is 0 Å². The van der Waals surface area contributed by atoms with Gasteiger partial charge in [-0.2, -0.15) is 0 Å². The molecule has 1 aromatic rings. The maximum absolute atomic E-state index is 9.79. The third-order valence-electron chi connectivity index (χ3n) is 2.54. The summed E-state index contributed by atoms with van der Waals surface area (Å²) in [6, 6.07) is 7.10.